The van der Waals surface area contributed by atoms with Crippen molar-refractivity contribution in [2.45, 2.75) is 13.0 Å². The maximum absolute atomic E-state index is 13.0. The number of nitrogens with zero attached hydrogens (tertiary/aromatic N) is 2. The van der Waals surface area contributed by atoms with Gasteiger partial charge in [-0.15, -0.1) is 0 Å². The predicted molar refractivity (Wildman–Crippen MR) is 95.9 cm³/mol. The Morgan fingerprint density at radius 3 is 2.48 bits per heavy atom. The first-order valence-electron chi connectivity index (χ1n) is 8.89. The third-order valence-electron chi connectivity index (χ3n) is 4.80. The van der Waals surface area contributed by atoms with E-state index in [0.717, 1.165) is 56.2 Å². The first kappa shape index (κ1) is 16.2. The zero-order chi connectivity index (χ0) is 17.1. The van der Waals surface area contributed by atoms with Gasteiger partial charge in [0.15, 0.2) is 11.5 Å². The standard InChI is InChI=1S/C20H23FN2O2/c21-17-4-2-16(3-5-17)15-22-8-1-9-23(11-10-22)18-6-7-19-20(14-18)25-13-12-24-19/h2-7,14H,1,8-13,15H2. The molecule has 1 fully saturated rings. The summed E-state index contributed by atoms with van der Waals surface area (Å²) in [4.78, 5) is 4.84. The van der Waals surface area contributed by atoms with Gasteiger partial charge in [0.25, 0.3) is 0 Å². The SMILES string of the molecule is Fc1ccc(CN2CCCN(c3ccc4c(c3)OCCO4)CC2)cc1. The summed E-state index contributed by atoms with van der Waals surface area (Å²) in [6, 6.07) is 13.0. The van der Waals surface area contributed by atoms with Crippen LogP contribution in [0.15, 0.2) is 42.5 Å². The molecule has 5 heteroatoms. The van der Waals surface area contributed by atoms with Gasteiger partial charge in [-0.1, -0.05) is 12.1 Å². The summed E-state index contributed by atoms with van der Waals surface area (Å²) in [6.45, 7) is 6.15. The van der Waals surface area contributed by atoms with Crippen LogP contribution < -0.4 is 14.4 Å². The van der Waals surface area contributed by atoms with Gasteiger partial charge in [0.2, 0.25) is 0 Å². The van der Waals surface area contributed by atoms with E-state index in [4.69, 9.17) is 9.47 Å². The first-order valence-corrected chi connectivity index (χ1v) is 8.89. The molecule has 0 aliphatic carbocycles. The Bertz CT molecular complexity index is 720. The fourth-order valence-corrected chi connectivity index (χ4v) is 3.46. The predicted octanol–water partition coefficient (Wildman–Crippen LogP) is 3.31. The summed E-state index contributed by atoms with van der Waals surface area (Å²) in [6.07, 6.45) is 1.11. The van der Waals surface area contributed by atoms with E-state index in [9.17, 15) is 4.39 Å². The van der Waals surface area contributed by atoms with Crippen LogP contribution >= 0.6 is 0 Å². The van der Waals surface area contributed by atoms with Crippen molar-refractivity contribution in [3.63, 3.8) is 0 Å². The van der Waals surface area contributed by atoms with E-state index in [1.54, 1.807) is 0 Å². The second-order valence-electron chi connectivity index (χ2n) is 6.57. The lowest BCUT2D eigenvalue weighted by Crippen LogP contribution is -2.30. The molecule has 0 radical (unpaired) electrons. The van der Waals surface area contributed by atoms with Crippen molar-refractivity contribution in [1.82, 2.24) is 4.90 Å². The Hall–Kier alpha value is -2.27. The van der Waals surface area contributed by atoms with Crippen LogP contribution in [-0.2, 0) is 6.54 Å². The quantitative estimate of drug-likeness (QED) is 0.854. The zero-order valence-corrected chi connectivity index (χ0v) is 14.3. The molecular formula is C20H23FN2O2. The van der Waals surface area contributed by atoms with E-state index in [-0.39, 0.29) is 5.82 Å². The number of hydrogen-bond donors (Lipinski definition) is 0. The smallest absolute Gasteiger partial charge is 0.163 e. The van der Waals surface area contributed by atoms with Gasteiger partial charge < -0.3 is 14.4 Å². The minimum absolute atomic E-state index is 0.176. The molecule has 4 rings (SSSR count). The van der Waals surface area contributed by atoms with Crippen molar-refractivity contribution in [2.75, 3.05) is 44.3 Å². The maximum Gasteiger partial charge on any atom is 0.163 e. The van der Waals surface area contributed by atoms with E-state index in [1.165, 1.54) is 17.8 Å². The fraction of sp³-hybridized carbons (Fsp3) is 0.400. The van der Waals surface area contributed by atoms with Crippen LogP contribution in [0.2, 0.25) is 0 Å². The number of fused-ring (bicyclic) bond motifs is 1. The molecule has 132 valence electrons. The average molecular weight is 342 g/mol. The van der Waals surface area contributed by atoms with E-state index >= 15 is 0 Å². The number of ether oxygens (including phenoxy) is 2. The van der Waals surface area contributed by atoms with Crippen LogP contribution in [0.4, 0.5) is 10.1 Å². The normalized spacial score (nSPS) is 18.0. The summed E-state index contributed by atoms with van der Waals surface area (Å²) in [5, 5.41) is 0. The highest BCUT2D eigenvalue weighted by molar-refractivity contribution is 5.57. The van der Waals surface area contributed by atoms with Crippen LogP contribution in [-0.4, -0.2) is 44.3 Å². The van der Waals surface area contributed by atoms with Crippen molar-refractivity contribution >= 4 is 5.69 Å². The van der Waals surface area contributed by atoms with Crippen LogP contribution in [0, 0.1) is 5.82 Å². The monoisotopic (exact) mass is 342 g/mol. The molecule has 2 aliphatic rings. The third kappa shape index (κ3) is 3.87. The Balaban J connectivity index is 1.40. The highest BCUT2D eigenvalue weighted by atomic mass is 19.1. The van der Waals surface area contributed by atoms with Crippen LogP contribution in [0.5, 0.6) is 11.5 Å². The molecule has 0 bridgehead atoms. The molecular weight excluding hydrogens is 319 g/mol. The molecule has 2 aromatic carbocycles. The summed E-state index contributed by atoms with van der Waals surface area (Å²) in [5.74, 6) is 1.50. The number of halogens is 1. The molecule has 0 saturated carbocycles. The molecule has 0 atom stereocenters. The van der Waals surface area contributed by atoms with Crippen molar-refractivity contribution in [3.8, 4) is 11.5 Å². The minimum atomic E-state index is -0.176. The van der Waals surface area contributed by atoms with E-state index < -0.39 is 0 Å². The van der Waals surface area contributed by atoms with Gasteiger partial charge in [0.05, 0.1) is 0 Å². The molecule has 2 aromatic rings. The Morgan fingerprint density at radius 1 is 0.840 bits per heavy atom. The van der Waals surface area contributed by atoms with E-state index in [1.807, 2.05) is 18.2 Å². The summed E-state index contributed by atoms with van der Waals surface area (Å²) < 4.78 is 24.4. The number of rotatable bonds is 3. The van der Waals surface area contributed by atoms with Crippen molar-refractivity contribution in [1.29, 1.82) is 0 Å². The molecule has 1 saturated heterocycles. The van der Waals surface area contributed by atoms with Gasteiger partial charge in [0.1, 0.15) is 19.0 Å². The lowest BCUT2D eigenvalue weighted by Gasteiger charge is -2.26. The molecule has 2 aliphatic heterocycles. The number of hydrogen-bond acceptors (Lipinski definition) is 4. The van der Waals surface area contributed by atoms with Gasteiger partial charge in [-0.2, -0.15) is 0 Å². The molecule has 4 nitrogen and oxygen atoms in total. The topological polar surface area (TPSA) is 24.9 Å². The fourth-order valence-electron chi connectivity index (χ4n) is 3.46. The number of benzene rings is 2. The van der Waals surface area contributed by atoms with Crippen molar-refractivity contribution in [2.24, 2.45) is 0 Å². The van der Waals surface area contributed by atoms with Gasteiger partial charge in [-0.3, -0.25) is 4.90 Å². The number of anilines is 1. The molecule has 0 spiro atoms. The summed E-state index contributed by atoms with van der Waals surface area (Å²) in [7, 11) is 0. The van der Waals surface area contributed by atoms with Crippen LogP contribution in [0.25, 0.3) is 0 Å². The highest BCUT2D eigenvalue weighted by Crippen LogP contribution is 2.34. The molecule has 0 amide bonds. The van der Waals surface area contributed by atoms with Crippen molar-refractivity contribution in [3.05, 3.63) is 53.8 Å². The van der Waals surface area contributed by atoms with Crippen LogP contribution in [0.3, 0.4) is 0 Å². The largest absolute Gasteiger partial charge is 0.486 e. The second-order valence-corrected chi connectivity index (χ2v) is 6.57. The average Bonchev–Trinajstić information content (AvgIpc) is 2.89. The van der Waals surface area contributed by atoms with Gasteiger partial charge in [-0.25, -0.2) is 4.39 Å². The Labute approximate surface area is 147 Å². The van der Waals surface area contributed by atoms with Gasteiger partial charge in [-0.05, 0) is 36.2 Å². The van der Waals surface area contributed by atoms with Gasteiger partial charge in [0, 0.05) is 44.5 Å². The first-order chi connectivity index (χ1) is 12.3. The Morgan fingerprint density at radius 2 is 1.64 bits per heavy atom. The molecule has 0 unspecified atom stereocenters. The Kier molecular flexibility index (Phi) is 4.74. The lowest BCUT2D eigenvalue weighted by atomic mass is 10.2. The third-order valence-corrected chi connectivity index (χ3v) is 4.80. The van der Waals surface area contributed by atoms with Crippen molar-refractivity contribution < 1.29 is 13.9 Å². The molecule has 25 heavy (non-hydrogen) atoms. The summed E-state index contributed by atoms with van der Waals surface area (Å²) >= 11 is 0. The second kappa shape index (κ2) is 7.31. The van der Waals surface area contributed by atoms with E-state index in [0.29, 0.717) is 13.2 Å². The zero-order valence-electron chi connectivity index (χ0n) is 14.3. The minimum Gasteiger partial charge on any atom is -0.486 e. The molecule has 2 heterocycles. The lowest BCUT2D eigenvalue weighted by molar-refractivity contribution is 0.171. The molecule has 0 N–H and O–H groups in total. The summed E-state index contributed by atoms with van der Waals surface area (Å²) in [5.41, 5.74) is 2.35. The molecule has 0 aromatic heterocycles. The maximum atomic E-state index is 13.0. The van der Waals surface area contributed by atoms with Crippen LogP contribution in [0.1, 0.15) is 12.0 Å². The highest BCUT2D eigenvalue weighted by Gasteiger charge is 2.18. The van der Waals surface area contributed by atoms with E-state index in [2.05, 4.69) is 21.9 Å². The van der Waals surface area contributed by atoms with Gasteiger partial charge >= 0.3 is 0 Å².